The summed E-state index contributed by atoms with van der Waals surface area (Å²) >= 11 is 3.43. The van der Waals surface area contributed by atoms with Crippen LogP contribution in [-0.2, 0) is 0 Å². The zero-order chi connectivity index (χ0) is 12.5. The van der Waals surface area contributed by atoms with Gasteiger partial charge in [0.05, 0.1) is 4.47 Å². The van der Waals surface area contributed by atoms with Crippen molar-refractivity contribution in [2.75, 3.05) is 17.3 Å². The molecule has 0 amide bonds. The van der Waals surface area contributed by atoms with Crippen molar-refractivity contribution in [1.82, 2.24) is 9.97 Å². The third-order valence-electron chi connectivity index (χ3n) is 3.60. The molecule has 0 radical (unpaired) electrons. The average Bonchev–Trinajstić information content (AvgIpc) is 3.09. The number of halogens is 1. The summed E-state index contributed by atoms with van der Waals surface area (Å²) in [5, 5.41) is 3.38. The third-order valence-corrected chi connectivity index (χ3v) is 4.18. The number of anilines is 2. The molecule has 4 N–H and O–H groups in total. The van der Waals surface area contributed by atoms with Gasteiger partial charge >= 0.3 is 0 Å². The summed E-state index contributed by atoms with van der Waals surface area (Å²) in [4.78, 5) is 8.29. The molecule has 5 nitrogen and oxygen atoms in total. The van der Waals surface area contributed by atoms with E-state index < -0.39 is 0 Å². The van der Waals surface area contributed by atoms with E-state index in [1.165, 1.54) is 12.8 Å². The van der Waals surface area contributed by atoms with E-state index in [1.807, 2.05) is 0 Å². The van der Waals surface area contributed by atoms with Crippen LogP contribution >= 0.6 is 15.9 Å². The Hall–Kier alpha value is -0.880. The highest BCUT2D eigenvalue weighted by Gasteiger charge is 2.45. The lowest BCUT2D eigenvalue weighted by atomic mass is 9.92. The molecular formula is C11H18BrN5. The first-order valence-corrected chi connectivity index (χ1v) is 6.60. The monoisotopic (exact) mass is 299 g/mol. The molecule has 1 fully saturated rings. The second-order valence-electron chi connectivity index (χ2n) is 4.91. The Morgan fingerprint density at radius 1 is 1.53 bits per heavy atom. The van der Waals surface area contributed by atoms with E-state index in [1.54, 1.807) is 6.20 Å². The Balaban J connectivity index is 2.04. The van der Waals surface area contributed by atoms with Gasteiger partial charge in [-0.2, -0.15) is 4.98 Å². The predicted molar refractivity (Wildman–Crippen MR) is 72.5 cm³/mol. The number of hydrogen-bond donors (Lipinski definition) is 3. The zero-order valence-electron chi connectivity index (χ0n) is 10.1. The molecule has 94 valence electrons. The van der Waals surface area contributed by atoms with Gasteiger partial charge in [0.15, 0.2) is 0 Å². The summed E-state index contributed by atoms with van der Waals surface area (Å²) in [6, 6.07) is 0. The number of hydrazine groups is 1. The zero-order valence-corrected chi connectivity index (χ0v) is 11.7. The van der Waals surface area contributed by atoms with Crippen molar-refractivity contribution < 1.29 is 0 Å². The largest absolute Gasteiger partial charge is 0.368 e. The number of hydrogen-bond acceptors (Lipinski definition) is 5. The van der Waals surface area contributed by atoms with Crippen molar-refractivity contribution in [2.45, 2.75) is 26.7 Å². The van der Waals surface area contributed by atoms with Gasteiger partial charge < -0.3 is 5.32 Å². The Morgan fingerprint density at radius 3 is 2.76 bits per heavy atom. The van der Waals surface area contributed by atoms with Crippen LogP contribution in [0.5, 0.6) is 0 Å². The third kappa shape index (κ3) is 2.69. The van der Waals surface area contributed by atoms with E-state index in [0.29, 0.717) is 17.3 Å². The number of aromatic nitrogens is 2. The first-order chi connectivity index (χ1) is 8.07. The summed E-state index contributed by atoms with van der Waals surface area (Å²) in [6.07, 6.45) is 4.28. The van der Waals surface area contributed by atoms with Gasteiger partial charge in [-0.3, -0.25) is 5.43 Å². The summed E-state index contributed by atoms with van der Waals surface area (Å²) in [5.74, 6) is 7.20. The molecule has 17 heavy (non-hydrogen) atoms. The first-order valence-electron chi connectivity index (χ1n) is 5.80. The van der Waals surface area contributed by atoms with Crippen LogP contribution in [0.4, 0.5) is 11.8 Å². The van der Waals surface area contributed by atoms with Crippen LogP contribution in [0.25, 0.3) is 0 Å². The molecule has 0 saturated heterocycles. The van der Waals surface area contributed by atoms with Crippen molar-refractivity contribution in [1.29, 1.82) is 0 Å². The fourth-order valence-corrected chi connectivity index (χ4v) is 2.27. The van der Waals surface area contributed by atoms with E-state index >= 15 is 0 Å². The van der Waals surface area contributed by atoms with E-state index in [-0.39, 0.29) is 0 Å². The SMILES string of the molecule is CC(C)C1(CNc2nc(NN)ncc2Br)CC1. The average molecular weight is 300 g/mol. The molecule has 0 aliphatic heterocycles. The van der Waals surface area contributed by atoms with E-state index in [0.717, 1.165) is 16.8 Å². The van der Waals surface area contributed by atoms with Crippen LogP contribution in [-0.4, -0.2) is 16.5 Å². The van der Waals surface area contributed by atoms with Gasteiger partial charge in [0, 0.05) is 12.7 Å². The van der Waals surface area contributed by atoms with Gasteiger partial charge in [0.1, 0.15) is 5.82 Å². The van der Waals surface area contributed by atoms with Crippen LogP contribution in [0.15, 0.2) is 10.7 Å². The normalized spacial score (nSPS) is 17.0. The highest BCUT2D eigenvalue weighted by molar-refractivity contribution is 9.10. The molecule has 2 rings (SSSR count). The Morgan fingerprint density at radius 2 is 2.24 bits per heavy atom. The molecule has 0 unspecified atom stereocenters. The standard InChI is InChI=1S/C11H18BrN5/c1-7(2)11(3-4-11)6-15-9-8(12)5-14-10(16-9)17-13/h5,7H,3-4,6,13H2,1-2H3,(H2,14,15,16,17). The molecule has 1 aromatic heterocycles. The summed E-state index contributed by atoms with van der Waals surface area (Å²) in [6.45, 7) is 5.50. The lowest BCUT2D eigenvalue weighted by molar-refractivity contribution is 0.380. The number of nitrogens with zero attached hydrogens (tertiary/aromatic N) is 2. The van der Waals surface area contributed by atoms with Crippen molar-refractivity contribution in [3.05, 3.63) is 10.7 Å². The van der Waals surface area contributed by atoms with Gasteiger partial charge in [0.2, 0.25) is 5.95 Å². The number of nitrogens with one attached hydrogen (secondary N) is 2. The van der Waals surface area contributed by atoms with E-state index in [2.05, 4.69) is 50.5 Å². The quantitative estimate of drug-likeness (QED) is 0.575. The van der Waals surface area contributed by atoms with Gasteiger partial charge in [0.25, 0.3) is 0 Å². The fourth-order valence-electron chi connectivity index (χ4n) is 1.94. The molecule has 1 aliphatic rings. The van der Waals surface area contributed by atoms with Gasteiger partial charge in [-0.15, -0.1) is 0 Å². The maximum Gasteiger partial charge on any atom is 0.239 e. The second-order valence-corrected chi connectivity index (χ2v) is 5.76. The summed E-state index contributed by atoms with van der Waals surface area (Å²) < 4.78 is 0.857. The van der Waals surface area contributed by atoms with Crippen molar-refractivity contribution in [3.8, 4) is 0 Å². The minimum atomic E-state index is 0.421. The molecule has 1 aliphatic carbocycles. The highest BCUT2D eigenvalue weighted by Crippen LogP contribution is 2.51. The summed E-state index contributed by atoms with van der Waals surface area (Å²) in [7, 11) is 0. The number of nitrogen functional groups attached to an aromatic ring is 1. The molecule has 1 aromatic rings. The maximum atomic E-state index is 5.29. The van der Waals surface area contributed by atoms with Gasteiger partial charge in [-0.1, -0.05) is 13.8 Å². The maximum absolute atomic E-state index is 5.29. The molecule has 1 saturated carbocycles. The lowest BCUT2D eigenvalue weighted by Crippen LogP contribution is -2.22. The molecule has 0 spiro atoms. The van der Waals surface area contributed by atoms with Crippen molar-refractivity contribution in [3.63, 3.8) is 0 Å². The van der Waals surface area contributed by atoms with E-state index in [9.17, 15) is 0 Å². The van der Waals surface area contributed by atoms with Crippen LogP contribution < -0.4 is 16.6 Å². The topological polar surface area (TPSA) is 75.9 Å². The molecular weight excluding hydrogens is 282 g/mol. The fraction of sp³-hybridized carbons (Fsp3) is 0.636. The molecule has 6 heteroatoms. The van der Waals surface area contributed by atoms with E-state index in [4.69, 9.17) is 5.84 Å². The van der Waals surface area contributed by atoms with Crippen molar-refractivity contribution in [2.24, 2.45) is 17.2 Å². The molecule has 0 bridgehead atoms. The summed E-state index contributed by atoms with van der Waals surface area (Å²) in [5.41, 5.74) is 2.89. The highest BCUT2D eigenvalue weighted by atomic mass is 79.9. The lowest BCUT2D eigenvalue weighted by Gasteiger charge is -2.20. The number of nitrogens with two attached hydrogens (primary N) is 1. The second kappa shape index (κ2) is 4.78. The minimum absolute atomic E-state index is 0.421. The minimum Gasteiger partial charge on any atom is -0.368 e. The first kappa shape index (κ1) is 12.6. The van der Waals surface area contributed by atoms with Gasteiger partial charge in [-0.25, -0.2) is 10.8 Å². The Labute approximate surface area is 110 Å². The smallest absolute Gasteiger partial charge is 0.239 e. The predicted octanol–water partition coefficient (Wildman–Crippen LogP) is 2.37. The molecule has 0 aromatic carbocycles. The van der Waals surface area contributed by atoms with Crippen LogP contribution in [0.2, 0.25) is 0 Å². The molecule has 1 heterocycles. The van der Waals surface area contributed by atoms with Crippen LogP contribution in [0, 0.1) is 11.3 Å². The number of rotatable bonds is 5. The Bertz CT molecular complexity index is 403. The Kier molecular flexibility index (Phi) is 3.53. The molecule has 0 atom stereocenters. The van der Waals surface area contributed by atoms with Gasteiger partial charge in [-0.05, 0) is 40.1 Å². The van der Waals surface area contributed by atoms with Crippen LogP contribution in [0.3, 0.4) is 0 Å². The van der Waals surface area contributed by atoms with Crippen molar-refractivity contribution >= 4 is 27.7 Å². The van der Waals surface area contributed by atoms with Crippen LogP contribution in [0.1, 0.15) is 26.7 Å².